The van der Waals surface area contributed by atoms with Crippen LogP contribution in [0.15, 0.2) is 27.5 Å². The Morgan fingerprint density at radius 1 is 1.67 bits per heavy atom. The summed E-state index contributed by atoms with van der Waals surface area (Å²) in [6, 6.07) is 0. The fourth-order valence-corrected chi connectivity index (χ4v) is 1.76. The first kappa shape index (κ1) is 12.3. The summed E-state index contributed by atoms with van der Waals surface area (Å²) in [7, 11) is 0. The van der Waals surface area contributed by atoms with Gasteiger partial charge in [0.05, 0.1) is 10.2 Å². The third kappa shape index (κ3) is 2.85. The average Bonchev–Trinajstić information content (AvgIpc) is 2.18. The van der Waals surface area contributed by atoms with E-state index in [2.05, 4.69) is 43.4 Å². The Morgan fingerprint density at radius 2 is 2.27 bits per heavy atom. The summed E-state index contributed by atoms with van der Waals surface area (Å²) in [6.45, 7) is 5.03. The molecule has 1 aromatic rings. The predicted octanol–water partition coefficient (Wildman–Crippen LogP) is 3.03. The summed E-state index contributed by atoms with van der Waals surface area (Å²) in [5.41, 5.74) is 6.23. The Morgan fingerprint density at radius 3 is 2.80 bits per heavy atom. The van der Waals surface area contributed by atoms with E-state index in [4.69, 9.17) is 15.6 Å². The summed E-state index contributed by atoms with van der Waals surface area (Å²) in [4.78, 5) is 4.01. The van der Waals surface area contributed by atoms with Crippen LogP contribution < -0.4 is 10.5 Å². The highest BCUT2D eigenvalue weighted by Crippen LogP contribution is 2.34. The van der Waals surface area contributed by atoms with Crippen LogP contribution in [0.5, 0.6) is 5.88 Å². The van der Waals surface area contributed by atoms with Crippen molar-refractivity contribution >= 4 is 37.5 Å². The Balaban J connectivity index is 2.97. The van der Waals surface area contributed by atoms with Gasteiger partial charge in [-0.25, -0.2) is 4.98 Å². The lowest BCUT2D eigenvalue weighted by molar-refractivity contribution is 0.185. The third-order valence-electron chi connectivity index (χ3n) is 1.73. The quantitative estimate of drug-likeness (QED) is 0.832. The SMILES string of the molecule is C=C(O)[C@@H](C)Oc1ncc(Br)c(N)c1Br. The summed E-state index contributed by atoms with van der Waals surface area (Å²) in [5.74, 6) is 0.253. The summed E-state index contributed by atoms with van der Waals surface area (Å²) >= 11 is 6.49. The lowest BCUT2D eigenvalue weighted by Crippen LogP contribution is -2.15. The zero-order valence-corrected chi connectivity index (χ0v) is 11.2. The molecule has 4 nitrogen and oxygen atoms in total. The van der Waals surface area contributed by atoms with Gasteiger partial charge in [-0.1, -0.05) is 6.58 Å². The molecule has 0 radical (unpaired) electrons. The summed E-state index contributed by atoms with van der Waals surface area (Å²) < 4.78 is 6.56. The average molecular weight is 338 g/mol. The second kappa shape index (κ2) is 4.85. The molecule has 0 amide bonds. The van der Waals surface area contributed by atoms with Crippen molar-refractivity contribution in [3.8, 4) is 5.88 Å². The number of aliphatic hydroxyl groups excluding tert-OH is 1. The fourth-order valence-electron chi connectivity index (χ4n) is 0.779. The molecule has 0 aliphatic carbocycles. The number of aliphatic hydroxyl groups is 1. The van der Waals surface area contributed by atoms with Crippen LogP contribution in [0.4, 0.5) is 5.69 Å². The molecule has 0 aromatic carbocycles. The molecule has 1 heterocycles. The van der Waals surface area contributed by atoms with Gasteiger partial charge < -0.3 is 15.6 Å². The van der Waals surface area contributed by atoms with E-state index >= 15 is 0 Å². The van der Waals surface area contributed by atoms with Gasteiger partial charge in [-0.3, -0.25) is 0 Å². The molecule has 15 heavy (non-hydrogen) atoms. The molecule has 6 heteroatoms. The van der Waals surface area contributed by atoms with Crippen LogP contribution in [-0.4, -0.2) is 16.2 Å². The maximum Gasteiger partial charge on any atom is 0.230 e. The van der Waals surface area contributed by atoms with Gasteiger partial charge in [0.15, 0.2) is 6.10 Å². The van der Waals surface area contributed by atoms with Gasteiger partial charge in [0.2, 0.25) is 5.88 Å². The Labute approximate surface area is 104 Å². The van der Waals surface area contributed by atoms with Gasteiger partial charge in [-0.05, 0) is 38.8 Å². The number of ether oxygens (including phenoxy) is 1. The number of hydrogen-bond donors (Lipinski definition) is 2. The van der Waals surface area contributed by atoms with Crippen molar-refractivity contribution in [2.45, 2.75) is 13.0 Å². The van der Waals surface area contributed by atoms with Crippen molar-refractivity contribution in [2.24, 2.45) is 0 Å². The summed E-state index contributed by atoms with van der Waals surface area (Å²) in [6.07, 6.45) is 0.997. The van der Waals surface area contributed by atoms with Crippen LogP contribution in [0.25, 0.3) is 0 Å². The molecule has 0 spiro atoms. The van der Waals surface area contributed by atoms with Crippen molar-refractivity contribution in [2.75, 3.05) is 5.73 Å². The molecule has 1 atom stereocenters. The van der Waals surface area contributed by atoms with Crippen LogP contribution in [0, 0.1) is 0 Å². The van der Waals surface area contributed by atoms with Crippen molar-refractivity contribution < 1.29 is 9.84 Å². The van der Waals surface area contributed by atoms with E-state index < -0.39 is 6.10 Å². The second-order valence-electron chi connectivity index (χ2n) is 2.89. The third-order valence-corrected chi connectivity index (χ3v) is 3.13. The minimum atomic E-state index is -0.533. The normalized spacial score (nSPS) is 12.2. The highest BCUT2D eigenvalue weighted by molar-refractivity contribution is 9.11. The second-order valence-corrected chi connectivity index (χ2v) is 4.54. The molecular weight excluding hydrogens is 328 g/mol. The number of anilines is 1. The smallest absolute Gasteiger partial charge is 0.230 e. The number of nitrogens with zero attached hydrogens (tertiary/aromatic N) is 1. The number of pyridine rings is 1. The van der Waals surface area contributed by atoms with Gasteiger partial charge in [0.1, 0.15) is 10.2 Å². The van der Waals surface area contributed by atoms with Gasteiger partial charge in [-0.15, -0.1) is 0 Å². The van der Waals surface area contributed by atoms with E-state index in [9.17, 15) is 0 Å². The first-order valence-electron chi connectivity index (χ1n) is 4.07. The molecule has 0 saturated heterocycles. The van der Waals surface area contributed by atoms with E-state index in [1.54, 1.807) is 6.92 Å². The van der Waals surface area contributed by atoms with Gasteiger partial charge in [0.25, 0.3) is 0 Å². The zero-order valence-electron chi connectivity index (χ0n) is 8.00. The van der Waals surface area contributed by atoms with E-state index in [1.807, 2.05) is 0 Å². The van der Waals surface area contributed by atoms with Crippen molar-refractivity contribution in [1.29, 1.82) is 0 Å². The fraction of sp³-hybridized carbons (Fsp3) is 0.222. The molecule has 3 N–H and O–H groups in total. The van der Waals surface area contributed by atoms with Crippen LogP contribution in [0.3, 0.4) is 0 Å². The maximum absolute atomic E-state index is 9.09. The number of nitrogen functional groups attached to an aromatic ring is 1. The van der Waals surface area contributed by atoms with Crippen molar-refractivity contribution in [3.63, 3.8) is 0 Å². The Kier molecular flexibility index (Phi) is 3.98. The first-order chi connectivity index (χ1) is 6.93. The van der Waals surface area contributed by atoms with E-state index in [-0.39, 0.29) is 5.76 Å². The lowest BCUT2D eigenvalue weighted by Gasteiger charge is -2.14. The van der Waals surface area contributed by atoms with Crippen LogP contribution in [-0.2, 0) is 0 Å². The maximum atomic E-state index is 9.09. The van der Waals surface area contributed by atoms with Crippen LogP contribution in [0.2, 0.25) is 0 Å². The Hall–Kier alpha value is -0.750. The highest BCUT2D eigenvalue weighted by Gasteiger charge is 2.14. The van der Waals surface area contributed by atoms with Crippen LogP contribution >= 0.6 is 31.9 Å². The molecule has 1 aromatic heterocycles. The molecule has 1 rings (SSSR count). The monoisotopic (exact) mass is 336 g/mol. The number of rotatable bonds is 3. The van der Waals surface area contributed by atoms with E-state index in [0.29, 0.717) is 20.5 Å². The van der Waals surface area contributed by atoms with Crippen molar-refractivity contribution in [1.82, 2.24) is 4.98 Å². The molecule has 0 bridgehead atoms. The minimum Gasteiger partial charge on any atom is -0.509 e. The number of aromatic nitrogens is 1. The van der Waals surface area contributed by atoms with Gasteiger partial charge in [-0.2, -0.15) is 0 Å². The largest absolute Gasteiger partial charge is 0.509 e. The molecule has 82 valence electrons. The Bertz CT molecular complexity index is 396. The molecule has 0 saturated carbocycles. The van der Waals surface area contributed by atoms with Crippen LogP contribution in [0.1, 0.15) is 6.92 Å². The first-order valence-corrected chi connectivity index (χ1v) is 5.66. The highest BCUT2D eigenvalue weighted by atomic mass is 79.9. The standard InChI is InChI=1S/C9H10Br2N2O2/c1-4(14)5(2)15-9-7(11)8(12)6(10)3-13-9/h3,5,14H,1H2,2H3,(H2,12,13)/t5-/m1/s1. The van der Waals surface area contributed by atoms with Gasteiger partial charge in [0, 0.05) is 6.20 Å². The van der Waals surface area contributed by atoms with Crippen molar-refractivity contribution in [3.05, 3.63) is 27.5 Å². The molecule has 0 aliphatic rings. The minimum absolute atomic E-state index is 0.0646. The van der Waals surface area contributed by atoms with E-state index in [1.165, 1.54) is 6.20 Å². The molecule has 0 fully saturated rings. The lowest BCUT2D eigenvalue weighted by atomic mass is 10.3. The van der Waals surface area contributed by atoms with E-state index in [0.717, 1.165) is 0 Å². The topological polar surface area (TPSA) is 68.4 Å². The molecular formula is C9H10Br2N2O2. The predicted molar refractivity (Wildman–Crippen MR) is 65.9 cm³/mol. The summed E-state index contributed by atoms with van der Waals surface area (Å²) in [5, 5.41) is 9.09. The molecule has 0 unspecified atom stereocenters. The molecule has 0 aliphatic heterocycles. The number of nitrogens with two attached hydrogens (primary N) is 1. The number of halogens is 2. The number of hydrogen-bond acceptors (Lipinski definition) is 4. The zero-order chi connectivity index (χ0) is 11.6. The van der Waals surface area contributed by atoms with Gasteiger partial charge >= 0.3 is 0 Å².